The van der Waals surface area contributed by atoms with Gasteiger partial charge in [0, 0.05) is 35.5 Å². The highest BCUT2D eigenvalue weighted by molar-refractivity contribution is 7.89. The van der Waals surface area contributed by atoms with Gasteiger partial charge in [-0.2, -0.15) is 0 Å². The Morgan fingerprint density at radius 2 is 2.03 bits per heavy atom. The Balaban J connectivity index is 1.35. The molecule has 1 aromatic carbocycles. The lowest BCUT2D eigenvalue weighted by molar-refractivity contribution is -0.121. The zero-order valence-electron chi connectivity index (χ0n) is 16.8. The van der Waals surface area contributed by atoms with Crippen LogP contribution in [0.1, 0.15) is 36.6 Å². The van der Waals surface area contributed by atoms with Gasteiger partial charge in [-0.25, -0.2) is 13.1 Å². The van der Waals surface area contributed by atoms with E-state index in [4.69, 9.17) is 0 Å². The summed E-state index contributed by atoms with van der Waals surface area (Å²) in [5.74, 6) is 0.0566. The van der Waals surface area contributed by atoms with Gasteiger partial charge in [-0.3, -0.25) is 9.59 Å². The van der Waals surface area contributed by atoms with Gasteiger partial charge >= 0.3 is 0 Å². The van der Waals surface area contributed by atoms with E-state index in [0.29, 0.717) is 13.0 Å². The normalized spacial score (nSPS) is 18.3. The molecule has 2 amide bonds. The molecular weight excluding hydrogens is 422 g/mol. The standard InChI is InChI=1S/C21H25N3O4S2/c1-14-11-16-12-18(6-7-19(16)24(14)21(26)15-4-5-15)30(27,28)23-9-8-20(25)22-13-17-3-2-10-29-17/h2-3,6-7,10,12,14-15,23H,4-5,8-9,11,13H2,1H3,(H,22,25)/t14-/m0/s1. The van der Waals surface area contributed by atoms with Crippen LogP contribution in [-0.4, -0.2) is 32.8 Å². The van der Waals surface area contributed by atoms with Crippen LogP contribution in [0.15, 0.2) is 40.6 Å². The Morgan fingerprint density at radius 1 is 1.23 bits per heavy atom. The van der Waals surface area contributed by atoms with Crippen molar-refractivity contribution in [3.63, 3.8) is 0 Å². The van der Waals surface area contributed by atoms with Crippen LogP contribution in [0.3, 0.4) is 0 Å². The molecule has 30 heavy (non-hydrogen) atoms. The summed E-state index contributed by atoms with van der Waals surface area (Å²) >= 11 is 1.56. The number of fused-ring (bicyclic) bond motifs is 1. The Morgan fingerprint density at radius 3 is 2.73 bits per heavy atom. The van der Waals surface area contributed by atoms with Crippen LogP contribution < -0.4 is 14.9 Å². The van der Waals surface area contributed by atoms with Crippen LogP contribution in [0.4, 0.5) is 5.69 Å². The summed E-state index contributed by atoms with van der Waals surface area (Å²) in [6, 6.07) is 8.78. The number of hydrogen-bond acceptors (Lipinski definition) is 5. The maximum absolute atomic E-state index is 12.7. The van der Waals surface area contributed by atoms with E-state index in [1.54, 1.807) is 23.5 Å². The summed E-state index contributed by atoms with van der Waals surface area (Å²) in [7, 11) is -3.73. The predicted molar refractivity (Wildman–Crippen MR) is 116 cm³/mol. The third-order valence-corrected chi connectivity index (χ3v) is 7.76. The average molecular weight is 448 g/mol. The summed E-state index contributed by atoms with van der Waals surface area (Å²) in [6.45, 7) is 2.46. The van der Waals surface area contributed by atoms with Gasteiger partial charge in [-0.1, -0.05) is 6.07 Å². The first-order chi connectivity index (χ1) is 14.3. The highest BCUT2D eigenvalue weighted by atomic mass is 32.2. The zero-order valence-corrected chi connectivity index (χ0v) is 18.4. The highest BCUT2D eigenvalue weighted by Gasteiger charge is 2.39. The fourth-order valence-electron chi connectivity index (χ4n) is 3.71. The van der Waals surface area contributed by atoms with Crippen LogP contribution in [0, 0.1) is 5.92 Å². The first-order valence-electron chi connectivity index (χ1n) is 10.1. The van der Waals surface area contributed by atoms with Gasteiger partial charge in [-0.05, 0) is 61.4 Å². The molecule has 7 nitrogen and oxygen atoms in total. The van der Waals surface area contributed by atoms with Gasteiger partial charge < -0.3 is 10.2 Å². The number of benzene rings is 1. The van der Waals surface area contributed by atoms with Crippen molar-refractivity contribution in [2.75, 3.05) is 11.4 Å². The van der Waals surface area contributed by atoms with Crippen molar-refractivity contribution in [3.05, 3.63) is 46.2 Å². The molecule has 2 heterocycles. The van der Waals surface area contributed by atoms with Gasteiger partial charge in [0.05, 0.1) is 11.4 Å². The molecule has 0 bridgehead atoms. The number of rotatable bonds is 8. The molecule has 2 aromatic rings. The maximum atomic E-state index is 12.7. The number of carbonyl (C=O) groups is 2. The number of hydrogen-bond donors (Lipinski definition) is 2. The fraction of sp³-hybridized carbons (Fsp3) is 0.429. The van der Waals surface area contributed by atoms with Crippen molar-refractivity contribution < 1.29 is 18.0 Å². The maximum Gasteiger partial charge on any atom is 0.240 e. The summed E-state index contributed by atoms with van der Waals surface area (Å²) in [6.07, 6.45) is 2.59. The molecule has 2 aliphatic rings. The Labute approximate surface area is 180 Å². The Hall–Kier alpha value is -2.23. The molecule has 1 atom stereocenters. The van der Waals surface area contributed by atoms with Gasteiger partial charge in [0.15, 0.2) is 0 Å². The summed E-state index contributed by atoms with van der Waals surface area (Å²) in [5, 5.41) is 4.72. The molecule has 1 saturated carbocycles. The number of carbonyl (C=O) groups excluding carboxylic acids is 2. The number of nitrogens with one attached hydrogen (secondary N) is 2. The Kier molecular flexibility index (Phi) is 5.95. The molecule has 1 aromatic heterocycles. The van der Waals surface area contributed by atoms with Crippen LogP contribution in [-0.2, 0) is 32.6 Å². The molecule has 9 heteroatoms. The van der Waals surface area contributed by atoms with Crippen molar-refractivity contribution in [3.8, 4) is 0 Å². The second-order valence-electron chi connectivity index (χ2n) is 7.83. The number of anilines is 1. The lowest BCUT2D eigenvalue weighted by Crippen LogP contribution is -2.36. The summed E-state index contributed by atoms with van der Waals surface area (Å²) < 4.78 is 27.8. The van der Waals surface area contributed by atoms with Crippen molar-refractivity contribution in [1.82, 2.24) is 10.0 Å². The van der Waals surface area contributed by atoms with Gasteiger partial charge in [0.1, 0.15) is 0 Å². The molecule has 4 rings (SSSR count). The molecule has 1 aliphatic carbocycles. The summed E-state index contributed by atoms with van der Waals surface area (Å²) in [4.78, 5) is 27.5. The molecular formula is C21H25N3O4S2. The van der Waals surface area contributed by atoms with E-state index in [1.807, 2.05) is 29.3 Å². The minimum atomic E-state index is -3.73. The molecule has 0 radical (unpaired) electrons. The number of nitrogens with zero attached hydrogens (tertiary/aromatic N) is 1. The van der Waals surface area contributed by atoms with E-state index in [2.05, 4.69) is 10.0 Å². The minimum Gasteiger partial charge on any atom is -0.351 e. The van der Waals surface area contributed by atoms with Crippen molar-refractivity contribution in [1.29, 1.82) is 0 Å². The SMILES string of the molecule is C[C@H]1Cc2cc(S(=O)(=O)NCCC(=O)NCc3cccs3)ccc2N1C(=O)C1CC1. The van der Waals surface area contributed by atoms with Gasteiger partial charge in [0.25, 0.3) is 0 Å². The molecule has 1 aliphatic heterocycles. The minimum absolute atomic E-state index is 0.0262. The van der Waals surface area contributed by atoms with Crippen molar-refractivity contribution in [2.24, 2.45) is 5.92 Å². The summed E-state index contributed by atoms with van der Waals surface area (Å²) in [5.41, 5.74) is 1.68. The molecule has 0 unspecified atom stereocenters. The smallest absolute Gasteiger partial charge is 0.240 e. The van der Waals surface area contributed by atoms with E-state index in [0.717, 1.165) is 29.0 Å². The van der Waals surface area contributed by atoms with Gasteiger partial charge in [-0.15, -0.1) is 11.3 Å². The topological polar surface area (TPSA) is 95.6 Å². The molecule has 1 fully saturated rings. The third-order valence-electron chi connectivity index (χ3n) is 5.42. The Bertz CT molecular complexity index is 1050. The van der Waals surface area contributed by atoms with E-state index < -0.39 is 10.0 Å². The fourth-order valence-corrected chi connectivity index (χ4v) is 5.43. The zero-order chi connectivity index (χ0) is 21.3. The van der Waals surface area contributed by atoms with Crippen LogP contribution in [0.5, 0.6) is 0 Å². The van der Waals surface area contributed by atoms with E-state index >= 15 is 0 Å². The quantitative estimate of drug-likeness (QED) is 0.650. The number of thiophene rings is 1. The monoisotopic (exact) mass is 447 g/mol. The predicted octanol–water partition coefficient (Wildman–Crippen LogP) is 2.42. The van der Waals surface area contributed by atoms with Crippen molar-refractivity contribution >= 4 is 38.9 Å². The van der Waals surface area contributed by atoms with Gasteiger partial charge in [0.2, 0.25) is 21.8 Å². The highest BCUT2D eigenvalue weighted by Crippen LogP contribution is 2.39. The molecule has 0 saturated heterocycles. The number of amides is 2. The van der Waals surface area contributed by atoms with Crippen molar-refractivity contribution in [2.45, 2.75) is 50.1 Å². The van der Waals surface area contributed by atoms with E-state index in [9.17, 15) is 18.0 Å². The number of sulfonamides is 1. The molecule has 160 valence electrons. The van der Waals surface area contributed by atoms with E-state index in [-0.39, 0.29) is 41.6 Å². The molecule has 0 spiro atoms. The first kappa shape index (κ1) is 21.0. The third kappa shape index (κ3) is 4.58. The second kappa shape index (κ2) is 8.49. The second-order valence-corrected chi connectivity index (χ2v) is 10.6. The average Bonchev–Trinajstić information content (AvgIpc) is 3.32. The largest absolute Gasteiger partial charge is 0.351 e. The van der Waals surface area contributed by atoms with Crippen LogP contribution in [0.2, 0.25) is 0 Å². The first-order valence-corrected chi connectivity index (χ1v) is 12.5. The van der Waals surface area contributed by atoms with Crippen LogP contribution in [0.25, 0.3) is 0 Å². The molecule has 2 N–H and O–H groups in total. The van der Waals surface area contributed by atoms with E-state index in [1.165, 1.54) is 6.07 Å². The lowest BCUT2D eigenvalue weighted by atomic mass is 10.1. The lowest BCUT2D eigenvalue weighted by Gasteiger charge is -2.22. The van der Waals surface area contributed by atoms with Crippen LogP contribution >= 0.6 is 11.3 Å².